The molecule has 2 saturated heterocycles. The summed E-state index contributed by atoms with van der Waals surface area (Å²) in [5.41, 5.74) is 23.4. The number of H-pyrrole nitrogens is 1. The van der Waals surface area contributed by atoms with E-state index in [1.807, 2.05) is 0 Å². The van der Waals surface area contributed by atoms with Crippen molar-refractivity contribution in [2.75, 3.05) is 19.6 Å². The second-order valence-electron chi connectivity index (χ2n) is 18.3. The number of nitrogens with zero attached hydrogens (tertiary/aromatic N) is 3. The summed E-state index contributed by atoms with van der Waals surface area (Å²) in [6.45, 7) is 3.32. The maximum Gasteiger partial charge on any atom is 0.303 e. The van der Waals surface area contributed by atoms with Crippen molar-refractivity contribution < 1.29 is 57.8 Å². The minimum absolute atomic E-state index is 0.00505. The first-order valence-electron chi connectivity index (χ1n) is 24.4. The van der Waals surface area contributed by atoms with Crippen LogP contribution in [0.4, 0.5) is 0 Å². The summed E-state index contributed by atoms with van der Waals surface area (Å²) < 4.78 is 0. The molecule has 26 heteroatoms. The number of benzene rings is 1. The van der Waals surface area contributed by atoms with Crippen molar-refractivity contribution in [3.63, 3.8) is 0 Å². The zero-order chi connectivity index (χ0) is 53.8. The lowest BCUT2D eigenvalue weighted by Crippen LogP contribution is -2.60. The number of carbonyl (C=O) groups excluding carboxylic acids is 10. The number of primary amides is 2. The number of carboxylic acid groups (broad SMARTS) is 1. The molecule has 9 atom stereocenters. The van der Waals surface area contributed by atoms with Crippen molar-refractivity contribution in [2.45, 2.75) is 152 Å². The molecule has 1 aromatic carbocycles. The van der Waals surface area contributed by atoms with Crippen molar-refractivity contribution in [2.24, 2.45) is 22.9 Å². The minimum atomic E-state index is -1.45. The Morgan fingerprint density at radius 1 is 0.671 bits per heavy atom. The van der Waals surface area contributed by atoms with Gasteiger partial charge >= 0.3 is 5.97 Å². The van der Waals surface area contributed by atoms with Crippen LogP contribution in [0.15, 0.2) is 42.9 Å². The van der Waals surface area contributed by atoms with Crippen LogP contribution in [0.3, 0.4) is 0 Å². The second kappa shape index (κ2) is 28.5. The predicted molar refractivity (Wildman–Crippen MR) is 260 cm³/mol. The van der Waals surface area contributed by atoms with Gasteiger partial charge in [0.25, 0.3) is 0 Å². The highest BCUT2D eigenvalue weighted by molar-refractivity contribution is 5.99. The lowest BCUT2D eigenvalue weighted by Gasteiger charge is -2.31. The number of hydrogen-bond donors (Lipinski definition) is 12. The van der Waals surface area contributed by atoms with Crippen LogP contribution < -0.4 is 54.8 Å². The van der Waals surface area contributed by atoms with E-state index in [-0.39, 0.29) is 64.5 Å². The fourth-order valence-electron chi connectivity index (χ4n) is 8.53. The molecule has 2 fully saturated rings. The van der Waals surface area contributed by atoms with Crippen molar-refractivity contribution in [1.82, 2.24) is 51.7 Å². The summed E-state index contributed by atoms with van der Waals surface area (Å²) in [6, 6.07) is -2.36. The Morgan fingerprint density at radius 2 is 1.21 bits per heavy atom. The lowest BCUT2D eigenvalue weighted by molar-refractivity contribution is -0.143. The van der Waals surface area contributed by atoms with E-state index in [0.29, 0.717) is 43.5 Å². The van der Waals surface area contributed by atoms with Crippen LogP contribution >= 0.6 is 0 Å². The van der Waals surface area contributed by atoms with Crippen LogP contribution in [0, 0.1) is 0 Å². The van der Waals surface area contributed by atoms with E-state index in [4.69, 9.17) is 22.9 Å². The third kappa shape index (κ3) is 18.0. The van der Waals surface area contributed by atoms with E-state index in [0.717, 1.165) is 0 Å². The number of aliphatic carboxylic acids is 1. The molecule has 26 nitrogen and oxygen atoms in total. The highest BCUT2D eigenvalue weighted by Crippen LogP contribution is 2.22. The second-order valence-corrected chi connectivity index (χ2v) is 18.3. The zero-order valence-corrected chi connectivity index (χ0v) is 41.1. The highest BCUT2D eigenvalue weighted by Gasteiger charge is 2.42. The Balaban J connectivity index is 1.51. The standard InChI is InChI=1S/C47H70N14O12/c1-26(49)40(66)58-34(23-29-24-52-25-53-29)47(73)61-21-9-14-36(61)45(71)57-31(15-17-37(50)62)43(69)59-33(22-28-10-4-3-5-11-28)46(72)60-20-8-13-35(60)44(70)54-27(2)41(67)56-32(16-18-38(63)64)42(68)55-30(39(51)65)12-6-7-19-48/h3-5,10-11,24-27,30-36H,6-9,12-23,48-49H2,1-2H3,(H2,50,62)(H2,51,65)(H,52,53)(H,54,70)(H,55,68)(H,56,67)(H,57,71)(H,58,66)(H,59,69)(H,63,64)/t26-,27-,30-,31-,32-,33-,34-,35-,36-/m0/s1. The van der Waals surface area contributed by atoms with E-state index >= 15 is 0 Å². The summed E-state index contributed by atoms with van der Waals surface area (Å²) in [6.07, 6.45) is 3.54. The molecule has 0 spiro atoms. The van der Waals surface area contributed by atoms with Gasteiger partial charge in [0.15, 0.2) is 0 Å². The Hall–Kier alpha value is -7.48. The van der Waals surface area contributed by atoms with Gasteiger partial charge in [0, 0.05) is 50.7 Å². The van der Waals surface area contributed by atoms with Gasteiger partial charge in [-0.15, -0.1) is 0 Å². The third-order valence-electron chi connectivity index (χ3n) is 12.5. The number of aromatic amines is 1. The number of nitrogens with two attached hydrogens (primary N) is 4. The smallest absolute Gasteiger partial charge is 0.303 e. The topological polar surface area (TPSA) is 419 Å². The molecule has 400 valence electrons. The summed E-state index contributed by atoms with van der Waals surface area (Å²) in [5, 5.41) is 24.8. The Morgan fingerprint density at radius 3 is 1.74 bits per heavy atom. The summed E-state index contributed by atoms with van der Waals surface area (Å²) >= 11 is 0. The number of likely N-dealkylation sites (tertiary alicyclic amines) is 2. The molecular formula is C47H70N14O12. The fraction of sp³-hybridized carbons (Fsp3) is 0.574. The number of unbranched alkanes of at least 4 members (excludes halogenated alkanes) is 1. The molecule has 3 heterocycles. The molecule has 1 aromatic heterocycles. The molecule has 0 unspecified atom stereocenters. The number of carboxylic acids is 1. The van der Waals surface area contributed by atoms with Crippen molar-refractivity contribution >= 4 is 65.0 Å². The van der Waals surface area contributed by atoms with Gasteiger partial charge < -0.3 is 74.7 Å². The van der Waals surface area contributed by atoms with Crippen molar-refractivity contribution in [3.8, 4) is 0 Å². The third-order valence-corrected chi connectivity index (χ3v) is 12.5. The SMILES string of the molecule is C[C@H](N)C(=O)N[C@@H](Cc1cnc[nH]1)C(=O)N1CCC[C@H]1C(=O)N[C@@H](CCC(N)=O)C(=O)N[C@@H](Cc1ccccc1)C(=O)N1CCC[C@H]1C(=O)N[C@@H](C)C(=O)N[C@@H](CCC(=O)O)C(=O)N[C@@H](CCCCN)C(N)=O. The van der Waals surface area contributed by atoms with Gasteiger partial charge in [0.1, 0.15) is 48.3 Å². The summed E-state index contributed by atoms with van der Waals surface area (Å²) in [5.74, 6) is -8.86. The van der Waals surface area contributed by atoms with Gasteiger partial charge in [-0.05, 0) is 83.7 Å². The van der Waals surface area contributed by atoms with Crippen LogP contribution in [0.25, 0.3) is 0 Å². The number of nitrogens with one attached hydrogen (secondary N) is 7. The number of carbonyl (C=O) groups is 11. The Labute approximate surface area is 422 Å². The van der Waals surface area contributed by atoms with Gasteiger partial charge in [0.2, 0.25) is 59.1 Å². The van der Waals surface area contributed by atoms with E-state index in [9.17, 15) is 57.8 Å². The first-order chi connectivity index (χ1) is 34.7. The first kappa shape index (κ1) is 58.1. The van der Waals surface area contributed by atoms with Gasteiger partial charge in [-0.1, -0.05) is 30.3 Å². The largest absolute Gasteiger partial charge is 0.481 e. The average molecular weight is 1020 g/mol. The fourth-order valence-corrected chi connectivity index (χ4v) is 8.53. The molecule has 2 aliphatic rings. The number of rotatable bonds is 29. The normalized spacial score (nSPS) is 18.1. The molecule has 73 heavy (non-hydrogen) atoms. The average Bonchev–Trinajstić information content (AvgIpc) is 4.17. The molecule has 0 aliphatic carbocycles. The van der Waals surface area contributed by atoms with Gasteiger partial charge in [-0.2, -0.15) is 0 Å². The van der Waals surface area contributed by atoms with E-state index in [1.165, 1.54) is 36.2 Å². The number of amides is 10. The van der Waals surface area contributed by atoms with Crippen LogP contribution in [-0.2, 0) is 65.6 Å². The number of aromatic nitrogens is 2. The molecule has 0 saturated carbocycles. The number of hydrogen-bond acceptors (Lipinski definition) is 14. The molecule has 10 amide bonds. The molecule has 4 rings (SSSR count). The van der Waals surface area contributed by atoms with Gasteiger partial charge in [-0.3, -0.25) is 52.7 Å². The van der Waals surface area contributed by atoms with Gasteiger partial charge in [0.05, 0.1) is 12.4 Å². The van der Waals surface area contributed by atoms with Crippen molar-refractivity contribution in [3.05, 3.63) is 54.1 Å². The molecular weight excluding hydrogens is 953 g/mol. The lowest BCUT2D eigenvalue weighted by atomic mass is 10.0. The maximum absolute atomic E-state index is 14.6. The predicted octanol–water partition coefficient (Wildman–Crippen LogP) is -3.80. The highest BCUT2D eigenvalue weighted by atomic mass is 16.4. The maximum atomic E-state index is 14.6. The number of imidazole rings is 1. The zero-order valence-electron chi connectivity index (χ0n) is 41.1. The first-order valence-corrected chi connectivity index (χ1v) is 24.4. The van der Waals surface area contributed by atoms with Crippen LogP contribution in [-0.4, -0.2) is 164 Å². The van der Waals surface area contributed by atoms with Crippen LogP contribution in [0.1, 0.15) is 95.7 Å². The van der Waals surface area contributed by atoms with E-state index in [2.05, 4.69) is 41.9 Å². The Kier molecular flexibility index (Phi) is 22.7. The summed E-state index contributed by atoms with van der Waals surface area (Å²) in [4.78, 5) is 155. The molecule has 16 N–H and O–H groups in total. The molecule has 2 aliphatic heterocycles. The van der Waals surface area contributed by atoms with Crippen LogP contribution in [0.2, 0.25) is 0 Å². The van der Waals surface area contributed by atoms with E-state index in [1.54, 1.807) is 30.3 Å². The van der Waals surface area contributed by atoms with E-state index < -0.39 is 126 Å². The van der Waals surface area contributed by atoms with Crippen molar-refractivity contribution in [1.29, 1.82) is 0 Å². The van der Waals surface area contributed by atoms with Gasteiger partial charge in [-0.25, -0.2) is 4.98 Å². The molecule has 0 bridgehead atoms. The Bertz CT molecular complexity index is 2260. The summed E-state index contributed by atoms with van der Waals surface area (Å²) in [7, 11) is 0. The molecule has 0 radical (unpaired) electrons. The minimum Gasteiger partial charge on any atom is -0.481 e. The van der Waals surface area contributed by atoms with Crippen LogP contribution in [0.5, 0.6) is 0 Å². The monoisotopic (exact) mass is 1020 g/mol. The quantitative estimate of drug-likeness (QED) is 0.0348. The molecule has 2 aromatic rings.